The van der Waals surface area contributed by atoms with Crippen molar-refractivity contribution in [2.24, 2.45) is 5.10 Å². The number of hydrogen-bond acceptors (Lipinski definition) is 7. The number of hydrogen-bond donors (Lipinski definition) is 0. The van der Waals surface area contributed by atoms with Gasteiger partial charge in [0.05, 0.1) is 16.7 Å². The molecule has 0 aliphatic carbocycles. The Morgan fingerprint density at radius 1 is 0.938 bits per heavy atom. The number of hydrazone groups is 1. The molecular formula is C24H19N3O5. The van der Waals surface area contributed by atoms with Gasteiger partial charge in [0.2, 0.25) is 6.23 Å². The van der Waals surface area contributed by atoms with Gasteiger partial charge in [0.1, 0.15) is 19.0 Å². The standard InChI is InChI=1S/C24H19N3O5/c28-27(29)17-5-3-4-16(12-17)24-26-20(18-6-1-2-7-21(18)32-24)14-19(25-26)15-8-9-22-23(13-15)31-11-10-30-22/h1-9,12-13,20,24H,10-11,14H2/t20-,24+/m0/s1. The van der Waals surface area contributed by atoms with Gasteiger partial charge in [-0.2, -0.15) is 5.10 Å². The number of nitrogens with zero attached hydrogens (tertiary/aromatic N) is 3. The lowest BCUT2D eigenvalue weighted by Crippen LogP contribution is -2.33. The van der Waals surface area contributed by atoms with Crippen LogP contribution >= 0.6 is 0 Å². The molecule has 8 nitrogen and oxygen atoms in total. The molecule has 0 radical (unpaired) electrons. The van der Waals surface area contributed by atoms with Gasteiger partial charge in [0.15, 0.2) is 11.5 Å². The molecule has 6 rings (SSSR count). The Balaban J connectivity index is 1.42. The normalized spacial score (nSPS) is 20.6. The average molecular weight is 429 g/mol. The topological polar surface area (TPSA) is 86.4 Å². The summed E-state index contributed by atoms with van der Waals surface area (Å²) in [5.41, 5.74) is 3.62. The van der Waals surface area contributed by atoms with Gasteiger partial charge in [0, 0.05) is 35.2 Å². The fraction of sp³-hybridized carbons (Fsp3) is 0.208. The zero-order valence-corrected chi connectivity index (χ0v) is 17.0. The number of rotatable bonds is 3. The second kappa shape index (κ2) is 7.26. The zero-order chi connectivity index (χ0) is 21.7. The van der Waals surface area contributed by atoms with Crippen LogP contribution in [0.5, 0.6) is 17.2 Å². The van der Waals surface area contributed by atoms with Crippen molar-refractivity contribution in [1.82, 2.24) is 5.01 Å². The molecule has 3 aliphatic rings. The summed E-state index contributed by atoms with van der Waals surface area (Å²) < 4.78 is 17.7. The summed E-state index contributed by atoms with van der Waals surface area (Å²) >= 11 is 0. The third kappa shape index (κ3) is 3.03. The highest BCUT2D eigenvalue weighted by Gasteiger charge is 2.41. The molecule has 3 aromatic rings. The van der Waals surface area contributed by atoms with Crippen LogP contribution in [0.4, 0.5) is 5.69 Å². The zero-order valence-electron chi connectivity index (χ0n) is 17.0. The number of benzene rings is 3. The van der Waals surface area contributed by atoms with Gasteiger partial charge in [-0.25, -0.2) is 5.01 Å². The number of ether oxygens (including phenoxy) is 3. The molecule has 0 fully saturated rings. The first kappa shape index (κ1) is 18.7. The molecular weight excluding hydrogens is 410 g/mol. The molecule has 0 saturated carbocycles. The van der Waals surface area contributed by atoms with Crippen LogP contribution < -0.4 is 14.2 Å². The molecule has 0 saturated heterocycles. The van der Waals surface area contributed by atoms with Gasteiger partial charge in [-0.1, -0.05) is 30.3 Å². The van der Waals surface area contributed by atoms with E-state index in [1.807, 2.05) is 53.5 Å². The van der Waals surface area contributed by atoms with Crippen LogP contribution in [0.1, 0.15) is 35.4 Å². The Morgan fingerprint density at radius 3 is 2.66 bits per heavy atom. The van der Waals surface area contributed by atoms with Crippen molar-refractivity contribution in [2.75, 3.05) is 13.2 Å². The summed E-state index contributed by atoms with van der Waals surface area (Å²) in [7, 11) is 0. The van der Waals surface area contributed by atoms with Crippen molar-refractivity contribution in [3.05, 3.63) is 93.5 Å². The first-order valence-corrected chi connectivity index (χ1v) is 10.4. The molecule has 0 bridgehead atoms. The minimum Gasteiger partial charge on any atom is -0.486 e. The third-order valence-electron chi connectivity index (χ3n) is 5.94. The maximum Gasteiger partial charge on any atom is 0.269 e. The Bertz CT molecular complexity index is 1260. The van der Waals surface area contributed by atoms with Crippen LogP contribution in [0, 0.1) is 10.1 Å². The Morgan fingerprint density at radius 2 is 1.78 bits per heavy atom. The smallest absolute Gasteiger partial charge is 0.269 e. The van der Waals surface area contributed by atoms with E-state index in [2.05, 4.69) is 0 Å². The minimum absolute atomic E-state index is 0.0248. The maximum atomic E-state index is 11.3. The number of non-ortho nitro benzene ring substituents is 1. The van der Waals surface area contributed by atoms with Crippen LogP contribution in [0.15, 0.2) is 71.8 Å². The van der Waals surface area contributed by atoms with Crippen molar-refractivity contribution in [1.29, 1.82) is 0 Å². The predicted octanol–water partition coefficient (Wildman–Crippen LogP) is 4.61. The van der Waals surface area contributed by atoms with Gasteiger partial charge in [0.25, 0.3) is 5.69 Å². The molecule has 32 heavy (non-hydrogen) atoms. The molecule has 2 atom stereocenters. The van der Waals surface area contributed by atoms with E-state index in [1.54, 1.807) is 12.1 Å². The number of nitro benzene ring substituents is 1. The first-order valence-electron chi connectivity index (χ1n) is 10.4. The number of fused-ring (bicyclic) bond motifs is 4. The summed E-state index contributed by atoms with van der Waals surface area (Å²) in [6.07, 6.45) is 0.121. The second-order valence-corrected chi connectivity index (χ2v) is 7.87. The summed E-state index contributed by atoms with van der Waals surface area (Å²) in [4.78, 5) is 10.9. The summed E-state index contributed by atoms with van der Waals surface area (Å²) in [6, 6.07) is 20.2. The molecule has 0 amide bonds. The van der Waals surface area contributed by atoms with Crippen LogP contribution in [0.3, 0.4) is 0 Å². The molecule has 0 unspecified atom stereocenters. The van der Waals surface area contributed by atoms with Gasteiger partial charge >= 0.3 is 0 Å². The Hall–Kier alpha value is -4.07. The molecule has 0 spiro atoms. The summed E-state index contributed by atoms with van der Waals surface area (Å²) in [5.74, 6) is 2.22. The largest absolute Gasteiger partial charge is 0.486 e. The molecule has 3 heterocycles. The van der Waals surface area contributed by atoms with Gasteiger partial charge < -0.3 is 14.2 Å². The molecule has 0 aromatic heterocycles. The molecule has 8 heteroatoms. The van der Waals surface area contributed by atoms with E-state index >= 15 is 0 Å². The highest BCUT2D eigenvalue weighted by molar-refractivity contribution is 6.02. The molecule has 3 aromatic carbocycles. The van der Waals surface area contributed by atoms with Crippen molar-refractivity contribution in [3.63, 3.8) is 0 Å². The van der Waals surface area contributed by atoms with E-state index < -0.39 is 11.2 Å². The SMILES string of the molecule is O=[N+]([O-])c1cccc([C@H]2Oc3ccccc3[C@@H]3CC(c4ccc5c(c4)OCCO5)=NN23)c1. The molecule has 0 N–H and O–H groups in total. The lowest BCUT2D eigenvalue weighted by molar-refractivity contribution is -0.385. The lowest BCUT2D eigenvalue weighted by atomic mass is 9.95. The van der Waals surface area contributed by atoms with Crippen molar-refractivity contribution in [3.8, 4) is 17.2 Å². The number of para-hydroxylation sites is 1. The van der Waals surface area contributed by atoms with E-state index in [1.165, 1.54) is 6.07 Å². The van der Waals surface area contributed by atoms with Gasteiger partial charge in [-0.05, 0) is 24.3 Å². The summed E-state index contributed by atoms with van der Waals surface area (Å²) in [6.45, 7) is 1.07. The maximum absolute atomic E-state index is 11.3. The van der Waals surface area contributed by atoms with Crippen LogP contribution in [0.2, 0.25) is 0 Å². The fourth-order valence-corrected chi connectivity index (χ4v) is 4.44. The van der Waals surface area contributed by atoms with E-state index in [4.69, 9.17) is 19.3 Å². The highest BCUT2D eigenvalue weighted by atomic mass is 16.6. The van der Waals surface area contributed by atoms with Crippen LogP contribution in [0.25, 0.3) is 0 Å². The van der Waals surface area contributed by atoms with Crippen molar-refractivity contribution < 1.29 is 19.1 Å². The average Bonchev–Trinajstić information content (AvgIpc) is 3.29. The summed E-state index contributed by atoms with van der Waals surface area (Å²) in [5, 5.41) is 18.1. The quantitative estimate of drug-likeness (QED) is 0.446. The van der Waals surface area contributed by atoms with Crippen molar-refractivity contribution in [2.45, 2.75) is 18.7 Å². The predicted molar refractivity (Wildman–Crippen MR) is 116 cm³/mol. The minimum atomic E-state index is -0.565. The van der Waals surface area contributed by atoms with Crippen molar-refractivity contribution >= 4 is 11.4 Å². The van der Waals surface area contributed by atoms with Gasteiger partial charge in [-0.3, -0.25) is 10.1 Å². The monoisotopic (exact) mass is 429 g/mol. The Labute approximate surface area is 183 Å². The highest BCUT2D eigenvalue weighted by Crippen LogP contribution is 2.48. The third-order valence-corrected chi connectivity index (χ3v) is 5.94. The fourth-order valence-electron chi connectivity index (χ4n) is 4.44. The molecule has 160 valence electrons. The van der Waals surface area contributed by atoms with Gasteiger partial charge in [-0.15, -0.1) is 0 Å². The Kier molecular flexibility index (Phi) is 4.24. The van der Waals surface area contributed by atoms with E-state index in [9.17, 15) is 10.1 Å². The number of nitro groups is 1. The lowest BCUT2D eigenvalue weighted by Gasteiger charge is -2.38. The first-order chi connectivity index (χ1) is 15.7. The second-order valence-electron chi connectivity index (χ2n) is 7.87. The molecule has 3 aliphatic heterocycles. The van der Waals surface area contributed by atoms with Crippen LogP contribution in [-0.4, -0.2) is 28.9 Å². The van der Waals surface area contributed by atoms with E-state index in [0.717, 1.165) is 28.3 Å². The van der Waals surface area contributed by atoms with Crippen LogP contribution in [-0.2, 0) is 0 Å². The van der Waals surface area contributed by atoms with E-state index in [0.29, 0.717) is 30.9 Å². The van der Waals surface area contributed by atoms with E-state index in [-0.39, 0.29) is 11.7 Å².